The number of benzene rings is 1. The van der Waals surface area contributed by atoms with Crippen molar-refractivity contribution in [3.8, 4) is 5.75 Å². The molecule has 1 atom stereocenters. The highest BCUT2D eigenvalue weighted by molar-refractivity contribution is 6.04. The highest BCUT2D eigenvalue weighted by Gasteiger charge is 2.31. The molecular weight excluding hydrogens is 354 g/mol. The maximum atomic E-state index is 13.0. The van der Waals surface area contributed by atoms with Crippen LogP contribution < -0.4 is 9.64 Å². The van der Waals surface area contributed by atoms with Crippen LogP contribution in [0.5, 0.6) is 5.75 Å². The van der Waals surface area contributed by atoms with Gasteiger partial charge in [0.1, 0.15) is 6.10 Å². The fourth-order valence-corrected chi connectivity index (χ4v) is 4.11. The highest BCUT2D eigenvalue weighted by atomic mass is 16.5. The van der Waals surface area contributed by atoms with Crippen LogP contribution in [-0.4, -0.2) is 58.3 Å². The van der Waals surface area contributed by atoms with E-state index in [9.17, 15) is 4.79 Å². The van der Waals surface area contributed by atoms with Crippen molar-refractivity contribution < 1.29 is 9.53 Å². The van der Waals surface area contributed by atoms with Crippen molar-refractivity contribution in [1.29, 1.82) is 0 Å². The highest BCUT2D eigenvalue weighted by Crippen LogP contribution is 2.30. The number of nitrogens with zero attached hydrogens (tertiary/aromatic N) is 4. The third kappa shape index (κ3) is 3.06. The van der Waals surface area contributed by atoms with Gasteiger partial charge in [-0.25, -0.2) is 4.98 Å². The molecule has 0 saturated carbocycles. The first-order valence-electron chi connectivity index (χ1n) is 9.88. The molecule has 1 N–H and O–H groups in total. The van der Waals surface area contributed by atoms with E-state index in [1.54, 1.807) is 0 Å². The smallest absolute Gasteiger partial charge is 0.275 e. The largest absolute Gasteiger partial charge is 0.485 e. The maximum Gasteiger partial charge on any atom is 0.275 e. The summed E-state index contributed by atoms with van der Waals surface area (Å²) in [6, 6.07) is 11.6. The number of carbonyl (C=O) groups excluding carboxylic acids is 1. The number of amides is 1. The molecule has 3 aromatic rings. The lowest BCUT2D eigenvalue weighted by Gasteiger charge is -2.22. The lowest BCUT2D eigenvalue weighted by molar-refractivity contribution is 0.0768. The Morgan fingerprint density at radius 1 is 1.11 bits per heavy atom. The molecule has 0 radical (unpaired) electrons. The number of aromatic nitrogens is 3. The second kappa shape index (κ2) is 7.14. The second-order valence-electron chi connectivity index (χ2n) is 7.42. The van der Waals surface area contributed by atoms with Gasteiger partial charge < -0.3 is 14.5 Å². The van der Waals surface area contributed by atoms with E-state index >= 15 is 0 Å². The Kier molecular flexibility index (Phi) is 4.35. The van der Waals surface area contributed by atoms with Crippen LogP contribution >= 0.6 is 0 Å². The number of ether oxygens (including phenoxy) is 1. The van der Waals surface area contributed by atoms with Crippen LogP contribution in [0.2, 0.25) is 0 Å². The molecule has 4 heterocycles. The number of H-pyrrole nitrogens is 1. The van der Waals surface area contributed by atoms with Crippen LogP contribution in [0.1, 0.15) is 29.8 Å². The molecule has 0 unspecified atom stereocenters. The van der Waals surface area contributed by atoms with E-state index in [0.717, 1.165) is 42.0 Å². The summed E-state index contributed by atoms with van der Waals surface area (Å²) in [6.45, 7) is 3.28. The topological polar surface area (TPSA) is 74.3 Å². The van der Waals surface area contributed by atoms with Crippen LogP contribution in [0.15, 0.2) is 42.6 Å². The Hall–Kier alpha value is -3.09. The van der Waals surface area contributed by atoms with E-state index in [1.165, 1.54) is 12.8 Å². The molecule has 2 aromatic heterocycles. The number of pyridine rings is 1. The van der Waals surface area contributed by atoms with Gasteiger partial charge in [-0.1, -0.05) is 18.2 Å². The van der Waals surface area contributed by atoms with Crippen molar-refractivity contribution in [1.82, 2.24) is 20.1 Å². The third-order valence-electron chi connectivity index (χ3n) is 5.56. The SMILES string of the molecule is O=C(c1n[nH]c2ccccc12)N1CC[C@H](Oc2cccnc2N2CCCC2)C1. The Morgan fingerprint density at radius 3 is 2.86 bits per heavy atom. The van der Waals surface area contributed by atoms with Gasteiger partial charge in [0, 0.05) is 37.6 Å². The van der Waals surface area contributed by atoms with Gasteiger partial charge in [-0.05, 0) is 31.0 Å². The van der Waals surface area contributed by atoms with Crippen molar-refractivity contribution in [2.24, 2.45) is 0 Å². The molecule has 5 rings (SSSR count). The summed E-state index contributed by atoms with van der Waals surface area (Å²) in [7, 11) is 0. The molecule has 1 aromatic carbocycles. The second-order valence-corrected chi connectivity index (χ2v) is 7.42. The average molecular weight is 377 g/mol. The van der Waals surface area contributed by atoms with E-state index < -0.39 is 0 Å². The molecule has 7 nitrogen and oxygen atoms in total. The molecule has 2 aliphatic heterocycles. The van der Waals surface area contributed by atoms with Gasteiger partial charge in [0.2, 0.25) is 0 Å². The molecule has 7 heteroatoms. The molecule has 0 bridgehead atoms. The summed E-state index contributed by atoms with van der Waals surface area (Å²) in [5.74, 6) is 1.69. The van der Waals surface area contributed by atoms with Gasteiger partial charge in [0.15, 0.2) is 17.3 Å². The van der Waals surface area contributed by atoms with E-state index in [1.807, 2.05) is 47.5 Å². The zero-order chi connectivity index (χ0) is 18.9. The number of hydrogen-bond donors (Lipinski definition) is 1. The Balaban J connectivity index is 1.30. The van der Waals surface area contributed by atoms with Crippen LogP contribution in [0, 0.1) is 0 Å². The fraction of sp³-hybridized carbons (Fsp3) is 0.381. The quantitative estimate of drug-likeness (QED) is 0.757. The molecule has 2 aliphatic rings. The number of rotatable bonds is 4. The molecule has 0 aliphatic carbocycles. The summed E-state index contributed by atoms with van der Waals surface area (Å²) in [6.07, 6.45) is 4.98. The van der Waals surface area contributed by atoms with Crippen LogP contribution in [0.25, 0.3) is 10.9 Å². The van der Waals surface area contributed by atoms with Crippen LogP contribution in [0.4, 0.5) is 5.82 Å². The Bertz CT molecular complexity index is 995. The van der Waals surface area contributed by atoms with Gasteiger partial charge >= 0.3 is 0 Å². The van der Waals surface area contributed by atoms with E-state index in [2.05, 4.69) is 20.1 Å². The Morgan fingerprint density at radius 2 is 1.96 bits per heavy atom. The first-order valence-corrected chi connectivity index (χ1v) is 9.88. The van der Waals surface area contributed by atoms with Gasteiger partial charge in [0.05, 0.1) is 12.1 Å². The molecular formula is C21H23N5O2. The van der Waals surface area contributed by atoms with Crippen molar-refractivity contribution >= 4 is 22.6 Å². The fourth-order valence-electron chi connectivity index (χ4n) is 4.11. The minimum absolute atomic E-state index is 0.0280. The number of aromatic amines is 1. The normalized spacial score (nSPS) is 19.5. The average Bonchev–Trinajstić information content (AvgIpc) is 3.48. The van der Waals surface area contributed by atoms with Gasteiger partial charge in [-0.3, -0.25) is 9.89 Å². The monoisotopic (exact) mass is 377 g/mol. The van der Waals surface area contributed by atoms with Crippen molar-refractivity contribution in [2.75, 3.05) is 31.1 Å². The number of likely N-dealkylation sites (tertiary alicyclic amines) is 1. The number of carbonyl (C=O) groups is 1. The van der Waals surface area contributed by atoms with Crippen molar-refractivity contribution in [3.05, 3.63) is 48.3 Å². The van der Waals surface area contributed by atoms with Crippen molar-refractivity contribution in [2.45, 2.75) is 25.4 Å². The van der Waals surface area contributed by atoms with Crippen LogP contribution in [0.3, 0.4) is 0 Å². The lowest BCUT2D eigenvalue weighted by atomic mass is 10.2. The molecule has 1 amide bonds. The number of para-hydroxylation sites is 1. The lowest BCUT2D eigenvalue weighted by Crippen LogP contribution is -2.31. The number of anilines is 1. The zero-order valence-corrected chi connectivity index (χ0v) is 15.7. The minimum Gasteiger partial charge on any atom is -0.485 e. The van der Waals surface area contributed by atoms with Gasteiger partial charge in [-0.2, -0.15) is 5.10 Å². The summed E-state index contributed by atoms with van der Waals surface area (Å²) in [4.78, 5) is 21.6. The summed E-state index contributed by atoms with van der Waals surface area (Å²) in [5.41, 5.74) is 1.36. The summed E-state index contributed by atoms with van der Waals surface area (Å²) < 4.78 is 6.28. The van der Waals surface area contributed by atoms with E-state index in [0.29, 0.717) is 18.8 Å². The van der Waals surface area contributed by atoms with Crippen LogP contribution in [-0.2, 0) is 0 Å². The number of fused-ring (bicyclic) bond motifs is 1. The minimum atomic E-state index is -0.0468. The first-order chi connectivity index (χ1) is 13.8. The standard InChI is InChI=1S/C21H23N5O2/c27-21(19-16-6-1-2-7-17(16)23-24-19)26-13-9-15(14-26)28-18-8-5-10-22-20(18)25-11-3-4-12-25/h1-2,5-8,10,15H,3-4,9,11-14H2,(H,23,24)/t15-/m0/s1. The molecule has 144 valence electrons. The van der Waals surface area contributed by atoms with E-state index in [4.69, 9.17) is 4.74 Å². The van der Waals surface area contributed by atoms with Gasteiger partial charge in [0.25, 0.3) is 5.91 Å². The van der Waals surface area contributed by atoms with E-state index in [-0.39, 0.29) is 12.0 Å². The first kappa shape index (κ1) is 17.0. The maximum absolute atomic E-state index is 13.0. The molecule has 2 saturated heterocycles. The predicted molar refractivity (Wildman–Crippen MR) is 107 cm³/mol. The zero-order valence-electron chi connectivity index (χ0n) is 15.7. The number of nitrogens with one attached hydrogen (secondary N) is 1. The molecule has 28 heavy (non-hydrogen) atoms. The van der Waals surface area contributed by atoms with Crippen molar-refractivity contribution in [3.63, 3.8) is 0 Å². The molecule has 0 spiro atoms. The Labute approximate surface area is 163 Å². The van der Waals surface area contributed by atoms with Gasteiger partial charge in [-0.15, -0.1) is 0 Å². The third-order valence-corrected chi connectivity index (χ3v) is 5.56. The summed E-state index contributed by atoms with van der Waals surface area (Å²) in [5, 5.41) is 8.04. The molecule has 2 fully saturated rings. The summed E-state index contributed by atoms with van der Waals surface area (Å²) >= 11 is 0. The predicted octanol–water partition coefficient (Wildman–Crippen LogP) is 2.85. The number of hydrogen-bond acceptors (Lipinski definition) is 5.